The van der Waals surface area contributed by atoms with Crippen LogP contribution < -0.4 is 5.32 Å². The summed E-state index contributed by atoms with van der Waals surface area (Å²) >= 11 is 0. The highest BCUT2D eigenvalue weighted by Crippen LogP contribution is 2.41. The van der Waals surface area contributed by atoms with E-state index in [9.17, 15) is 9.59 Å². The molecule has 0 aromatic heterocycles. The predicted molar refractivity (Wildman–Crippen MR) is 97.0 cm³/mol. The molecule has 25 heavy (non-hydrogen) atoms. The number of amides is 2. The van der Waals surface area contributed by atoms with E-state index in [1.54, 1.807) is 0 Å². The van der Waals surface area contributed by atoms with Crippen molar-refractivity contribution in [3.63, 3.8) is 0 Å². The molecule has 1 saturated heterocycles. The van der Waals surface area contributed by atoms with E-state index in [1.807, 2.05) is 23.1 Å². The van der Waals surface area contributed by atoms with Crippen molar-refractivity contribution in [3.8, 4) is 0 Å². The zero-order valence-corrected chi connectivity index (χ0v) is 14.8. The molecule has 2 saturated carbocycles. The number of nitrogens with one attached hydrogen (secondary N) is 1. The molecule has 4 nitrogen and oxygen atoms in total. The fraction of sp³-hybridized carbons (Fsp3) is 0.619. The molecule has 1 heterocycles. The van der Waals surface area contributed by atoms with Gasteiger partial charge in [-0.05, 0) is 37.7 Å². The Labute approximate surface area is 150 Å². The molecule has 4 heteroatoms. The third-order valence-electron chi connectivity index (χ3n) is 6.14. The smallest absolute Gasteiger partial charge is 0.243 e. The maximum atomic E-state index is 12.8. The van der Waals surface area contributed by atoms with Crippen LogP contribution in [0.4, 0.5) is 0 Å². The van der Waals surface area contributed by atoms with Gasteiger partial charge in [-0.3, -0.25) is 9.59 Å². The van der Waals surface area contributed by atoms with Crippen molar-refractivity contribution in [2.75, 3.05) is 6.54 Å². The summed E-state index contributed by atoms with van der Waals surface area (Å²) < 4.78 is 0. The number of rotatable bonds is 4. The Bertz CT molecular complexity index is 624. The largest absolute Gasteiger partial charge is 0.351 e. The molecule has 4 rings (SSSR count). The Morgan fingerprint density at radius 1 is 0.960 bits per heavy atom. The van der Waals surface area contributed by atoms with Crippen molar-refractivity contribution >= 4 is 11.8 Å². The van der Waals surface area contributed by atoms with Gasteiger partial charge in [0.2, 0.25) is 11.8 Å². The van der Waals surface area contributed by atoms with Gasteiger partial charge in [0.15, 0.2) is 0 Å². The van der Waals surface area contributed by atoms with Crippen LogP contribution in [0.3, 0.4) is 0 Å². The second kappa shape index (κ2) is 7.19. The van der Waals surface area contributed by atoms with E-state index in [0.717, 1.165) is 51.5 Å². The summed E-state index contributed by atoms with van der Waals surface area (Å²) in [6.45, 7) is 0.750. The van der Waals surface area contributed by atoms with Crippen LogP contribution in [0.1, 0.15) is 62.8 Å². The summed E-state index contributed by atoms with van der Waals surface area (Å²) in [7, 11) is 0. The van der Waals surface area contributed by atoms with Crippen LogP contribution in [0, 0.1) is 5.92 Å². The number of carbonyl (C=O) groups is 2. The van der Waals surface area contributed by atoms with Gasteiger partial charge >= 0.3 is 0 Å². The minimum absolute atomic E-state index is 0.0603. The van der Waals surface area contributed by atoms with Crippen molar-refractivity contribution in [3.05, 3.63) is 35.9 Å². The third-order valence-corrected chi connectivity index (χ3v) is 6.14. The molecule has 0 radical (unpaired) electrons. The van der Waals surface area contributed by atoms with Crippen molar-refractivity contribution in [1.82, 2.24) is 10.2 Å². The Kier molecular flexibility index (Phi) is 4.78. The van der Waals surface area contributed by atoms with Gasteiger partial charge in [-0.2, -0.15) is 0 Å². The fourth-order valence-electron chi connectivity index (χ4n) is 4.59. The van der Waals surface area contributed by atoms with E-state index in [-0.39, 0.29) is 29.8 Å². The lowest BCUT2D eigenvalue weighted by Crippen LogP contribution is -2.48. The van der Waals surface area contributed by atoms with Crippen LogP contribution in [-0.2, 0) is 9.59 Å². The molecule has 2 aliphatic carbocycles. The van der Waals surface area contributed by atoms with Gasteiger partial charge in [0.25, 0.3) is 0 Å². The molecule has 3 atom stereocenters. The second-order valence-corrected chi connectivity index (χ2v) is 7.89. The summed E-state index contributed by atoms with van der Waals surface area (Å²) in [6.07, 6.45) is 8.33. The van der Waals surface area contributed by atoms with Gasteiger partial charge < -0.3 is 10.2 Å². The van der Waals surface area contributed by atoms with Crippen LogP contribution in [0.5, 0.6) is 0 Å². The van der Waals surface area contributed by atoms with Crippen LogP contribution in [0.15, 0.2) is 30.3 Å². The molecule has 0 spiro atoms. The SMILES string of the molecule is O=C(N[C@@H]1C[C@@H]1c1ccccc1)[C@H]1CCCN1C(=O)C1CCCCC1. The van der Waals surface area contributed by atoms with Crippen LogP contribution in [0.2, 0.25) is 0 Å². The molecule has 2 amide bonds. The molecule has 134 valence electrons. The number of hydrogen-bond donors (Lipinski definition) is 1. The number of benzene rings is 1. The lowest BCUT2D eigenvalue weighted by Gasteiger charge is -2.30. The normalized spacial score (nSPS) is 29.4. The fourth-order valence-corrected chi connectivity index (χ4v) is 4.59. The first-order chi connectivity index (χ1) is 12.2. The number of carbonyl (C=O) groups excluding carboxylic acids is 2. The second-order valence-electron chi connectivity index (χ2n) is 7.89. The quantitative estimate of drug-likeness (QED) is 0.915. The average molecular weight is 340 g/mol. The maximum absolute atomic E-state index is 12.8. The van der Waals surface area contributed by atoms with E-state index in [1.165, 1.54) is 12.0 Å². The molecule has 3 aliphatic rings. The highest BCUT2D eigenvalue weighted by Gasteiger charge is 2.43. The molecule has 1 aromatic carbocycles. The average Bonchev–Trinajstić information content (AvgIpc) is 3.25. The van der Waals surface area contributed by atoms with Crippen molar-refractivity contribution in [1.29, 1.82) is 0 Å². The third kappa shape index (κ3) is 3.58. The van der Waals surface area contributed by atoms with Crippen molar-refractivity contribution < 1.29 is 9.59 Å². The van der Waals surface area contributed by atoms with Crippen LogP contribution >= 0.6 is 0 Å². The lowest BCUT2D eigenvalue weighted by atomic mass is 9.88. The summed E-state index contributed by atoms with van der Waals surface area (Å²) in [5, 5.41) is 3.20. The molecule has 0 unspecified atom stereocenters. The molecule has 1 aromatic rings. The molecule has 1 N–H and O–H groups in total. The van der Waals surface area contributed by atoms with Gasteiger partial charge in [0, 0.05) is 24.4 Å². The first-order valence-corrected chi connectivity index (χ1v) is 9.90. The molecular formula is C21H28N2O2. The summed E-state index contributed by atoms with van der Waals surface area (Å²) in [5.74, 6) is 0.882. The molecule has 1 aliphatic heterocycles. The number of likely N-dealkylation sites (tertiary alicyclic amines) is 1. The minimum atomic E-state index is -0.244. The maximum Gasteiger partial charge on any atom is 0.243 e. The summed E-state index contributed by atoms with van der Waals surface area (Å²) in [4.78, 5) is 27.5. The minimum Gasteiger partial charge on any atom is -0.351 e. The van der Waals surface area contributed by atoms with Crippen LogP contribution in [-0.4, -0.2) is 35.3 Å². The Hall–Kier alpha value is -1.84. The Balaban J connectivity index is 1.34. The van der Waals surface area contributed by atoms with E-state index in [2.05, 4.69) is 17.4 Å². The summed E-state index contributed by atoms with van der Waals surface area (Å²) in [6, 6.07) is 10.4. The molecule has 3 fully saturated rings. The van der Waals surface area contributed by atoms with E-state index >= 15 is 0 Å². The van der Waals surface area contributed by atoms with Gasteiger partial charge in [-0.25, -0.2) is 0 Å². The zero-order valence-electron chi connectivity index (χ0n) is 14.8. The monoisotopic (exact) mass is 340 g/mol. The highest BCUT2D eigenvalue weighted by atomic mass is 16.2. The van der Waals surface area contributed by atoms with Gasteiger partial charge in [-0.15, -0.1) is 0 Å². The van der Waals surface area contributed by atoms with Gasteiger partial charge in [0.1, 0.15) is 6.04 Å². The predicted octanol–water partition coefficient (Wildman–Crippen LogP) is 3.23. The van der Waals surface area contributed by atoms with Gasteiger partial charge in [-0.1, -0.05) is 49.6 Å². The zero-order chi connectivity index (χ0) is 17.2. The van der Waals surface area contributed by atoms with E-state index < -0.39 is 0 Å². The van der Waals surface area contributed by atoms with Crippen molar-refractivity contribution in [2.24, 2.45) is 5.92 Å². The van der Waals surface area contributed by atoms with E-state index in [0.29, 0.717) is 5.92 Å². The number of nitrogens with zero attached hydrogens (tertiary/aromatic N) is 1. The first-order valence-electron chi connectivity index (χ1n) is 9.90. The van der Waals surface area contributed by atoms with E-state index in [4.69, 9.17) is 0 Å². The molecular weight excluding hydrogens is 312 g/mol. The summed E-state index contributed by atoms with van der Waals surface area (Å²) in [5.41, 5.74) is 1.30. The molecule has 0 bridgehead atoms. The standard InChI is InChI=1S/C21H28N2O2/c24-20(22-18-14-17(18)15-8-3-1-4-9-15)19-12-7-13-23(19)21(25)16-10-5-2-6-11-16/h1,3-4,8-9,16-19H,2,5-7,10-14H2,(H,22,24)/t17-,18-,19-/m1/s1. The Morgan fingerprint density at radius 2 is 1.72 bits per heavy atom. The van der Waals surface area contributed by atoms with Crippen molar-refractivity contribution in [2.45, 2.75) is 69.4 Å². The lowest BCUT2D eigenvalue weighted by molar-refractivity contribution is -0.142. The first kappa shape index (κ1) is 16.6. The highest BCUT2D eigenvalue weighted by molar-refractivity contribution is 5.89. The van der Waals surface area contributed by atoms with Gasteiger partial charge in [0.05, 0.1) is 0 Å². The Morgan fingerprint density at radius 3 is 2.48 bits per heavy atom. The topological polar surface area (TPSA) is 49.4 Å². The van der Waals surface area contributed by atoms with Crippen LogP contribution in [0.25, 0.3) is 0 Å². The number of hydrogen-bond acceptors (Lipinski definition) is 2.